The van der Waals surface area contributed by atoms with Crippen LogP contribution in [0.1, 0.15) is 33.3 Å². The summed E-state index contributed by atoms with van der Waals surface area (Å²) in [5.74, 6) is 0.314. The number of nitrogens with zero attached hydrogens (tertiary/aromatic N) is 1. The fraction of sp³-hybridized carbons (Fsp3) is 0.148. The molecule has 0 amide bonds. The van der Waals surface area contributed by atoms with E-state index < -0.39 is 0 Å². The second-order valence-corrected chi connectivity index (χ2v) is 10.6. The molecule has 0 saturated carbocycles. The molecule has 0 unspecified atom stereocenters. The molecule has 4 nitrogen and oxygen atoms in total. The van der Waals surface area contributed by atoms with E-state index in [2.05, 4.69) is 28.1 Å². The molecule has 0 atom stereocenters. The maximum atomic E-state index is 13.5. The predicted octanol–water partition coefficient (Wildman–Crippen LogP) is 6.42. The monoisotopic (exact) mass is 552 g/mol. The zero-order valence-corrected chi connectivity index (χ0v) is 21.8. The minimum atomic E-state index is -0.343. The first kappa shape index (κ1) is 24.4. The summed E-state index contributed by atoms with van der Waals surface area (Å²) in [7, 11) is 0. The van der Waals surface area contributed by atoms with Crippen LogP contribution in [0.15, 0.2) is 93.9 Å². The topological polar surface area (TPSA) is 47.3 Å². The Bertz CT molecular complexity index is 1270. The fourth-order valence-corrected chi connectivity index (χ4v) is 6.29. The number of aromatic nitrogens is 1. The first-order chi connectivity index (χ1) is 16.6. The summed E-state index contributed by atoms with van der Waals surface area (Å²) in [6.07, 6.45) is 3.92. The standard InChI is InChI=1S/C27H23BrNO3S2/c1-2-32-23(30)17-22-24(29-15-7-4-8-16-29)27(33-18-19-11-13-21(28)14-12-19)34-26(22)25(31)20-9-5-3-6-10-20/h3-16H,2,17-18H2,1H3/q+1. The summed E-state index contributed by atoms with van der Waals surface area (Å²) < 4.78 is 9.26. The van der Waals surface area contributed by atoms with Crippen LogP contribution in [-0.2, 0) is 21.7 Å². The lowest BCUT2D eigenvalue weighted by molar-refractivity contribution is -0.598. The number of carbonyl (C=O) groups excluding carboxylic acids is 2. The number of esters is 1. The van der Waals surface area contributed by atoms with Gasteiger partial charge in [0.2, 0.25) is 11.5 Å². The van der Waals surface area contributed by atoms with E-state index in [4.69, 9.17) is 4.74 Å². The van der Waals surface area contributed by atoms with E-state index in [0.717, 1.165) is 20.1 Å². The number of ketones is 1. The summed E-state index contributed by atoms with van der Waals surface area (Å²) in [5.41, 5.74) is 3.34. The highest BCUT2D eigenvalue weighted by Gasteiger charge is 2.31. The molecule has 0 bridgehead atoms. The number of pyridine rings is 1. The van der Waals surface area contributed by atoms with Crippen molar-refractivity contribution < 1.29 is 18.9 Å². The average Bonchev–Trinajstić information content (AvgIpc) is 3.22. The molecule has 2 aromatic heterocycles. The van der Waals surface area contributed by atoms with Gasteiger partial charge in [-0.05, 0) is 24.6 Å². The molecule has 0 aliphatic rings. The molecule has 4 aromatic rings. The number of carbonyl (C=O) groups is 2. The van der Waals surface area contributed by atoms with Gasteiger partial charge in [-0.2, -0.15) is 4.57 Å². The second-order valence-electron chi connectivity index (χ2n) is 7.42. The van der Waals surface area contributed by atoms with E-state index in [1.54, 1.807) is 30.8 Å². The molecule has 34 heavy (non-hydrogen) atoms. The summed E-state index contributed by atoms with van der Waals surface area (Å²) in [6, 6.07) is 23.2. The van der Waals surface area contributed by atoms with Crippen molar-refractivity contribution in [1.82, 2.24) is 0 Å². The van der Waals surface area contributed by atoms with Crippen LogP contribution >= 0.6 is 39.0 Å². The minimum absolute atomic E-state index is 0.0360. The van der Waals surface area contributed by atoms with Gasteiger partial charge in [-0.3, -0.25) is 9.59 Å². The number of hydrogen-bond donors (Lipinski definition) is 0. The Balaban J connectivity index is 1.81. The van der Waals surface area contributed by atoms with Gasteiger partial charge >= 0.3 is 5.97 Å². The first-order valence-electron chi connectivity index (χ1n) is 10.8. The third-order valence-electron chi connectivity index (χ3n) is 5.07. The molecule has 0 radical (unpaired) electrons. The van der Waals surface area contributed by atoms with Gasteiger partial charge in [-0.1, -0.05) is 64.5 Å². The molecule has 0 spiro atoms. The van der Waals surface area contributed by atoms with Crippen LogP contribution in [0.2, 0.25) is 0 Å². The van der Waals surface area contributed by atoms with Crippen molar-refractivity contribution in [1.29, 1.82) is 0 Å². The van der Waals surface area contributed by atoms with Gasteiger partial charge in [0.1, 0.15) is 4.21 Å². The van der Waals surface area contributed by atoms with Gasteiger partial charge in [-0.15, -0.1) is 23.1 Å². The highest BCUT2D eigenvalue weighted by molar-refractivity contribution is 9.10. The molecule has 0 aliphatic carbocycles. The van der Waals surface area contributed by atoms with Gasteiger partial charge in [0.05, 0.1) is 23.5 Å². The van der Waals surface area contributed by atoms with Crippen molar-refractivity contribution in [3.8, 4) is 5.69 Å². The van der Waals surface area contributed by atoms with E-state index in [1.165, 1.54) is 16.9 Å². The zero-order chi connectivity index (χ0) is 23.9. The molecule has 2 aromatic carbocycles. The smallest absolute Gasteiger partial charge is 0.310 e. The van der Waals surface area contributed by atoms with E-state index in [0.29, 0.717) is 22.6 Å². The normalized spacial score (nSPS) is 10.8. The lowest BCUT2D eigenvalue weighted by atomic mass is 10.0. The van der Waals surface area contributed by atoms with Crippen molar-refractivity contribution in [2.45, 2.75) is 23.3 Å². The SMILES string of the molecule is CCOC(=O)Cc1c(C(=O)c2ccccc2)sc(SCc2ccc(Br)cc2)c1-[n+]1ccccc1. The van der Waals surface area contributed by atoms with E-state index in [1.807, 2.05) is 65.5 Å². The van der Waals surface area contributed by atoms with Gasteiger partial charge in [0.25, 0.3) is 0 Å². The van der Waals surface area contributed by atoms with Gasteiger partial charge in [-0.25, -0.2) is 0 Å². The first-order valence-corrected chi connectivity index (χ1v) is 13.4. The molecule has 4 rings (SSSR count). The molecule has 172 valence electrons. The molecule has 0 saturated heterocycles. The molecule has 2 heterocycles. The Kier molecular flexibility index (Phi) is 8.32. The lowest BCUT2D eigenvalue weighted by Crippen LogP contribution is -2.31. The lowest BCUT2D eigenvalue weighted by Gasteiger charge is -2.05. The largest absolute Gasteiger partial charge is 0.466 e. The molecule has 0 aliphatic heterocycles. The number of ether oxygens (including phenoxy) is 1. The predicted molar refractivity (Wildman–Crippen MR) is 140 cm³/mol. The Morgan fingerprint density at radius 1 is 0.971 bits per heavy atom. The highest BCUT2D eigenvalue weighted by atomic mass is 79.9. The second kappa shape index (κ2) is 11.6. The van der Waals surface area contributed by atoms with Crippen molar-refractivity contribution in [3.05, 3.63) is 111 Å². The fourth-order valence-electron chi connectivity index (χ4n) is 3.49. The molecule has 0 fully saturated rings. The zero-order valence-electron chi connectivity index (χ0n) is 18.6. The van der Waals surface area contributed by atoms with Crippen LogP contribution in [0, 0.1) is 0 Å². The van der Waals surface area contributed by atoms with E-state index >= 15 is 0 Å². The molecule has 7 heteroatoms. The molecular weight excluding hydrogens is 530 g/mol. The number of benzene rings is 2. The van der Waals surface area contributed by atoms with Crippen molar-refractivity contribution in [3.63, 3.8) is 0 Å². The van der Waals surface area contributed by atoms with Crippen molar-refractivity contribution >= 4 is 50.8 Å². The summed E-state index contributed by atoms with van der Waals surface area (Å²) in [5, 5.41) is 0. The van der Waals surface area contributed by atoms with Crippen LogP contribution in [0.5, 0.6) is 0 Å². The third kappa shape index (κ3) is 5.84. The summed E-state index contributed by atoms with van der Waals surface area (Å²) in [6.45, 7) is 2.08. The Hall–Kier alpha value is -2.74. The average molecular weight is 554 g/mol. The summed E-state index contributed by atoms with van der Waals surface area (Å²) in [4.78, 5) is 26.7. The number of halogens is 1. The van der Waals surface area contributed by atoms with Crippen LogP contribution in [0.25, 0.3) is 5.69 Å². The Morgan fingerprint density at radius 2 is 1.65 bits per heavy atom. The number of hydrogen-bond acceptors (Lipinski definition) is 5. The summed E-state index contributed by atoms with van der Waals surface area (Å²) >= 11 is 6.59. The van der Waals surface area contributed by atoms with Crippen LogP contribution in [0.3, 0.4) is 0 Å². The maximum Gasteiger partial charge on any atom is 0.310 e. The van der Waals surface area contributed by atoms with Crippen molar-refractivity contribution in [2.75, 3.05) is 6.61 Å². The van der Waals surface area contributed by atoms with Crippen LogP contribution in [0.4, 0.5) is 0 Å². The van der Waals surface area contributed by atoms with Crippen LogP contribution in [-0.4, -0.2) is 18.4 Å². The number of thiophene rings is 1. The van der Waals surface area contributed by atoms with Gasteiger partial charge in [0.15, 0.2) is 12.4 Å². The van der Waals surface area contributed by atoms with E-state index in [-0.39, 0.29) is 18.2 Å². The van der Waals surface area contributed by atoms with Gasteiger partial charge in [0, 0.05) is 27.9 Å². The van der Waals surface area contributed by atoms with Crippen molar-refractivity contribution in [2.24, 2.45) is 0 Å². The minimum Gasteiger partial charge on any atom is -0.466 e. The highest BCUT2D eigenvalue weighted by Crippen LogP contribution is 2.39. The number of rotatable bonds is 9. The van der Waals surface area contributed by atoms with Gasteiger partial charge < -0.3 is 4.74 Å². The Labute approximate surface area is 215 Å². The molecular formula is C27H23BrNO3S2+. The van der Waals surface area contributed by atoms with Crippen LogP contribution < -0.4 is 4.57 Å². The number of thioether (sulfide) groups is 1. The maximum absolute atomic E-state index is 13.5. The molecule has 0 N–H and O–H groups in total. The third-order valence-corrected chi connectivity index (χ3v) is 8.15. The van der Waals surface area contributed by atoms with E-state index in [9.17, 15) is 9.59 Å². The Morgan fingerprint density at radius 3 is 2.32 bits per heavy atom. The quantitative estimate of drug-likeness (QED) is 0.104.